The first kappa shape index (κ1) is 23.1. The maximum absolute atomic E-state index is 12.6. The minimum atomic E-state index is 0.0343. The molecule has 178 valence electrons. The summed E-state index contributed by atoms with van der Waals surface area (Å²) in [7, 11) is 0. The molecule has 1 N–H and O–H groups in total. The molecule has 0 spiro atoms. The van der Waals surface area contributed by atoms with Crippen molar-refractivity contribution >= 4 is 17.7 Å². The number of thioether (sulfide) groups is 1. The summed E-state index contributed by atoms with van der Waals surface area (Å²) in [6.45, 7) is 6.11. The van der Waals surface area contributed by atoms with E-state index in [4.69, 9.17) is 4.74 Å². The smallest absolute Gasteiger partial charge is 0.272 e. The molecule has 1 aromatic carbocycles. The summed E-state index contributed by atoms with van der Waals surface area (Å²) < 4.78 is 5.30. The Balaban J connectivity index is 0.000000159. The van der Waals surface area contributed by atoms with E-state index < -0.39 is 0 Å². The van der Waals surface area contributed by atoms with Gasteiger partial charge >= 0.3 is 0 Å². The standard InChI is InChI=1S/C15H15N3O2S.C11H16N2/c19-15(18-5-7-20-8-6-18)14-11-9-21-12-4-2-1-3-10(12)13(11)16-17-14;1-2-7-13(8-3-1)10-11-5-4-6-12-9-11/h1-4H,5-9H2,(H,16,17);4-6,9H,1-3,7-8,10H2. The quantitative estimate of drug-likeness (QED) is 0.609. The predicted octanol–water partition coefficient (Wildman–Crippen LogP) is 4.22. The van der Waals surface area contributed by atoms with Gasteiger partial charge in [0, 0.05) is 53.8 Å². The fourth-order valence-electron chi connectivity index (χ4n) is 4.64. The number of nitrogens with zero attached hydrogens (tertiary/aromatic N) is 4. The fraction of sp³-hybridized carbons (Fsp3) is 0.423. The molecule has 3 aliphatic rings. The van der Waals surface area contributed by atoms with Crippen molar-refractivity contribution in [3.63, 3.8) is 0 Å². The third kappa shape index (κ3) is 5.35. The molecule has 6 rings (SSSR count). The average Bonchev–Trinajstić information content (AvgIpc) is 3.35. The summed E-state index contributed by atoms with van der Waals surface area (Å²) in [4.78, 5) is 22.3. The lowest BCUT2D eigenvalue weighted by Crippen LogP contribution is -2.41. The van der Waals surface area contributed by atoms with Crippen LogP contribution in [-0.4, -0.2) is 70.3 Å². The molecule has 0 atom stereocenters. The number of amides is 1. The number of aromatic nitrogens is 3. The number of hydrogen-bond donors (Lipinski definition) is 1. The number of benzene rings is 1. The van der Waals surface area contributed by atoms with Gasteiger partial charge in [-0.1, -0.05) is 30.7 Å². The van der Waals surface area contributed by atoms with Gasteiger partial charge in [-0.2, -0.15) is 5.10 Å². The summed E-state index contributed by atoms with van der Waals surface area (Å²) in [5.41, 5.74) is 5.02. The van der Waals surface area contributed by atoms with Crippen LogP contribution in [0.25, 0.3) is 11.3 Å². The molecule has 3 aliphatic heterocycles. The Bertz CT molecular complexity index is 1090. The Morgan fingerprint density at radius 3 is 2.65 bits per heavy atom. The number of aromatic amines is 1. The lowest BCUT2D eigenvalue weighted by molar-refractivity contribution is 0.0298. The summed E-state index contributed by atoms with van der Waals surface area (Å²) >= 11 is 1.76. The molecule has 0 aliphatic carbocycles. The molecule has 2 saturated heterocycles. The van der Waals surface area contributed by atoms with Crippen LogP contribution in [0.2, 0.25) is 0 Å². The van der Waals surface area contributed by atoms with Crippen molar-refractivity contribution in [2.24, 2.45) is 0 Å². The summed E-state index contributed by atoms with van der Waals surface area (Å²) in [5, 5.41) is 7.36. The van der Waals surface area contributed by atoms with Crippen molar-refractivity contribution in [2.75, 3.05) is 39.4 Å². The van der Waals surface area contributed by atoms with Gasteiger partial charge in [0.05, 0.1) is 18.9 Å². The lowest BCUT2D eigenvalue weighted by atomic mass is 10.1. The van der Waals surface area contributed by atoms with Gasteiger partial charge in [-0.25, -0.2) is 0 Å². The molecular formula is C26H31N5O2S. The van der Waals surface area contributed by atoms with E-state index in [-0.39, 0.29) is 5.91 Å². The number of hydrogen-bond acceptors (Lipinski definition) is 6. The number of pyridine rings is 1. The SMILES string of the molecule is O=C(c1[nH]nc2c1CSc1ccccc1-2)N1CCOCC1.c1cncc(CN2CCCCC2)c1. The summed E-state index contributed by atoms with van der Waals surface area (Å²) in [5.74, 6) is 0.820. The molecule has 2 aromatic heterocycles. The van der Waals surface area contributed by atoms with Crippen LogP contribution in [0.4, 0.5) is 0 Å². The Kier molecular flexibility index (Phi) is 7.58. The molecule has 0 bridgehead atoms. The summed E-state index contributed by atoms with van der Waals surface area (Å²) in [6, 6.07) is 12.4. The van der Waals surface area contributed by atoms with Crippen molar-refractivity contribution < 1.29 is 9.53 Å². The van der Waals surface area contributed by atoms with Gasteiger partial charge in [0.25, 0.3) is 5.91 Å². The van der Waals surface area contributed by atoms with E-state index in [0.717, 1.165) is 29.1 Å². The predicted molar refractivity (Wildman–Crippen MR) is 134 cm³/mol. The van der Waals surface area contributed by atoms with E-state index in [1.807, 2.05) is 35.5 Å². The largest absolute Gasteiger partial charge is 0.378 e. The van der Waals surface area contributed by atoms with Gasteiger partial charge in [-0.15, -0.1) is 11.8 Å². The second kappa shape index (κ2) is 11.2. The van der Waals surface area contributed by atoms with Gasteiger partial charge in [-0.05, 0) is 43.6 Å². The van der Waals surface area contributed by atoms with Crippen LogP contribution in [0.3, 0.4) is 0 Å². The summed E-state index contributed by atoms with van der Waals surface area (Å²) in [6.07, 6.45) is 7.93. The molecule has 0 saturated carbocycles. The molecule has 5 heterocycles. The van der Waals surface area contributed by atoms with E-state index in [0.29, 0.717) is 32.0 Å². The van der Waals surface area contributed by atoms with Crippen molar-refractivity contribution in [1.29, 1.82) is 0 Å². The Morgan fingerprint density at radius 2 is 1.85 bits per heavy atom. The highest BCUT2D eigenvalue weighted by atomic mass is 32.2. The van der Waals surface area contributed by atoms with E-state index in [2.05, 4.69) is 38.3 Å². The highest BCUT2D eigenvalue weighted by Gasteiger charge is 2.28. The van der Waals surface area contributed by atoms with Crippen LogP contribution < -0.4 is 0 Å². The number of rotatable bonds is 3. The average molecular weight is 478 g/mol. The molecule has 0 unspecified atom stereocenters. The van der Waals surface area contributed by atoms with Crippen molar-refractivity contribution in [3.05, 3.63) is 65.6 Å². The van der Waals surface area contributed by atoms with Crippen LogP contribution >= 0.6 is 11.8 Å². The molecule has 0 radical (unpaired) electrons. The van der Waals surface area contributed by atoms with Crippen LogP contribution in [0.1, 0.15) is 40.9 Å². The zero-order valence-electron chi connectivity index (χ0n) is 19.4. The van der Waals surface area contributed by atoms with Gasteiger partial charge in [0.1, 0.15) is 5.69 Å². The van der Waals surface area contributed by atoms with Gasteiger partial charge in [0.15, 0.2) is 0 Å². The lowest BCUT2D eigenvalue weighted by Gasteiger charge is -2.26. The Labute approximate surface area is 204 Å². The number of carbonyl (C=O) groups is 1. The maximum atomic E-state index is 12.6. The number of fused-ring (bicyclic) bond motifs is 3. The second-order valence-electron chi connectivity index (χ2n) is 8.81. The molecule has 7 nitrogen and oxygen atoms in total. The minimum Gasteiger partial charge on any atom is -0.378 e. The molecule has 34 heavy (non-hydrogen) atoms. The Hall–Kier alpha value is -2.68. The first-order chi connectivity index (χ1) is 16.8. The highest BCUT2D eigenvalue weighted by Crippen LogP contribution is 2.41. The fourth-order valence-corrected chi connectivity index (χ4v) is 5.71. The number of morpholine rings is 1. The molecule has 8 heteroatoms. The van der Waals surface area contributed by atoms with E-state index in [9.17, 15) is 4.79 Å². The van der Waals surface area contributed by atoms with Crippen LogP contribution in [0.15, 0.2) is 53.7 Å². The number of ether oxygens (including phenoxy) is 1. The van der Waals surface area contributed by atoms with Crippen molar-refractivity contribution in [3.8, 4) is 11.3 Å². The highest BCUT2D eigenvalue weighted by molar-refractivity contribution is 7.98. The Morgan fingerprint density at radius 1 is 1.03 bits per heavy atom. The molecule has 3 aromatic rings. The first-order valence-corrected chi connectivity index (χ1v) is 13.1. The van der Waals surface area contributed by atoms with E-state index >= 15 is 0 Å². The molecule has 1 amide bonds. The van der Waals surface area contributed by atoms with Crippen molar-refractivity contribution in [2.45, 2.75) is 36.5 Å². The van der Waals surface area contributed by atoms with E-state index in [1.54, 1.807) is 11.8 Å². The topological polar surface area (TPSA) is 74.3 Å². The second-order valence-corrected chi connectivity index (χ2v) is 9.83. The number of piperidine rings is 1. The normalized spacial score (nSPS) is 17.8. The number of H-pyrrole nitrogens is 1. The van der Waals surface area contributed by atoms with Crippen LogP contribution in [0.5, 0.6) is 0 Å². The molecular weight excluding hydrogens is 446 g/mol. The third-order valence-electron chi connectivity index (χ3n) is 6.47. The van der Waals surface area contributed by atoms with Gasteiger partial charge in [0.2, 0.25) is 0 Å². The minimum absolute atomic E-state index is 0.0343. The monoisotopic (exact) mass is 477 g/mol. The number of nitrogens with one attached hydrogen (secondary N) is 1. The zero-order valence-corrected chi connectivity index (χ0v) is 20.2. The third-order valence-corrected chi connectivity index (χ3v) is 7.57. The van der Waals surface area contributed by atoms with Gasteiger partial charge < -0.3 is 9.64 Å². The maximum Gasteiger partial charge on any atom is 0.272 e. The van der Waals surface area contributed by atoms with Crippen LogP contribution in [0, 0.1) is 0 Å². The van der Waals surface area contributed by atoms with Crippen molar-refractivity contribution in [1.82, 2.24) is 25.0 Å². The van der Waals surface area contributed by atoms with Crippen LogP contribution in [-0.2, 0) is 17.0 Å². The number of carbonyl (C=O) groups excluding carboxylic acids is 1. The molecule has 2 fully saturated rings. The zero-order chi connectivity index (χ0) is 23.2. The number of likely N-dealkylation sites (tertiary alicyclic amines) is 1. The van der Waals surface area contributed by atoms with E-state index in [1.165, 1.54) is 42.8 Å². The first-order valence-electron chi connectivity index (χ1n) is 12.1. The van der Waals surface area contributed by atoms with Gasteiger partial charge in [-0.3, -0.25) is 19.8 Å².